The van der Waals surface area contributed by atoms with Crippen molar-refractivity contribution in [1.82, 2.24) is 0 Å². The van der Waals surface area contributed by atoms with Crippen molar-refractivity contribution in [2.75, 3.05) is 11.4 Å². The Morgan fingerprint density at radius 1 is 1.28 bits per heavy atom. The number of carbonyl (C=O) groups excluding carboxylic acids is 1. The average Bonchev–Trinajstić information content (AvgIpc) is 2.54. The summed E-state index contributed by atoms with van der Waals surface area (Å²) >= 11 is 0. The molecular formula is C14H17NO3. The maximum Gasteiger partial charge on any atom is 0.336 e. The van der Waals surface area contributed by atoms with Gasteiger partial charge >= 0.3 is 5.97 Å². The van der Waals surface area contributed by atoms with Crippen molar-refractivity contribution in [3.05, 3.63) is 29.3 Å². The predicted molar refractivity (Wildman–Crippen MR) is 69.0 cm³/mol. The smallest absolute Gasteiger partial charge is 0.336 e. The maximum absolute atomic E-state index is 12.0. The standard InChI is InChI=1S/C14H17NO3/c1-10-6-7-11(9-12(10)14(17)18)15-8-4-2-3-5-13(15)16/h6-7,9H,2-5,8H2,1H3,(H,17,18). The summed E-state index contributed by atoms with van der Waals surface area (Å²) in [6.45, 7) is 2.44. The first-order valence-electron chi connectivity index (χ1n) is 6.24. The molecule has 18 heavy (non-hydrogen) atoms. The van der Waals surface area contributed by atoms with Gasteiger partial charge in [0, 0.05) is 18.7 Å². The molecule has 2 rings (SSSR count). The van der Waals surface area contributed by atoms with Crippen LogP contribution in [0.15, 0.2) is 18.2 Å². The van der Waals surface area contributed by atoms with Crippen molar-refractivity contribution in [3.8, 4) is 0 Å². The molecule has 1 aromatic carbocycles. The fourth-order valence-corrected chi connectivity index (χ4v) is 2.26. The minimum Gasteiger partial charge on any atom is -0.478 e. The minimum atomic E-state index is -0.948. The Balaban J connectivity index is 2.34. The van der Waals surface area contributed by atoms with Gasteiger partial charge in [0.1, 0.15) is 0 Å². The van der Waals surface area contributed by atoms with Crippen LogP contribution in [0.5, 0.6) is 0 Å². The summed E-state index contributed by atoms with van der Waals surface area (Å²) in [6, 6.07) is 5.18. The van der Waals surface area contributed by atoms with Crippen molar-refractivity contribution in [1.29, 1.82) is 0 Å². The van der Waals surface area contributed by atoms with E-state index >= 15 is 0 Å². The summed E-state index contributed by atoms with van der Waals surface area (Å²) in [6.07, 6.45) is 3.51. The lowest BCUT2D eigenvalue weighted by Crippen LogP contribution is -2.30. The molecular weight excluding hydrogens is 230 g/mol. The first kappa shape index (κ1) is 12.6. The second-order valence-electron chi connectivity index (χ2n) is 4.66. The van der Waals surface area contributed by atoms with E-state index in [2.05, 4.69) is 0 Å². The van der Waals surface area contributed by atoms with Gasteiger partial charge in [-0.1, -0.05) is 12.5 Å². The zero-order valence-corrected chi connectivity index (χ0v) is 10.5. The predicted octanol–water partition coefficient (Wildman–Crippen LogP) is 2.60. The lowest BCUT2D eigenvalue weighted by Gasteiger charge is -2.21. The van der Waals surface area contributed by atoms with E-state index in [1.54, 1.807) is 24.0 Å². The highest BCUT2D eigenvalue weighted by Gasteiger charge is 2.19. The van der Waals surface area contributed by atoms with E-state index in [0.29, 0.717) is 24.2 Å². The molecule has 4 heteroatoms. The van der Waals surface area contributed by atoms with Crippen LogP contribution in [0.1, 0.15) is 41.6 Å². The molecule has 1 aromatic rings. The number of carbonyl (C=O) groups is 2. The molecule has 0 spiro atoms. The summed E-state index contributed by atoms with van der Waals surface area (Å²) < 4.78 is 0. The molecule has 1 amide bonds. The fourth-order valence-electron chi connectivity index (χ4n) is 2.26. The van der Waals surface area contributed by atoms with Crippen LogP contribution in [-0.4, -0.2) is 23.5 Å². The summed E-state index contributed by atoms with van der Waals surface area (Å²) in [5.74, 6) is -0.857. The Hall–Kier alpha value is -1.84. The zero-order chi connectivity index (χ0) is 13.1. The van der Waals surface area contributed by atoms with Gasteiger partial charge in [0.2, 0.25) is 5.91 Å². The molecule has 1 N–H and O–H groups in total. The molecule has 0 atom stereocenters. The van der Waals surface area contributed by atoms with Gasteiger partial charge < -0.3 is 10.0 Å². The minimum absolute atomic E-state index is 0.0905. The zero-order valence-electron chi connectivity index (χ0n) is 10.5. The number of hydrogen-bond acceptors (Lipinski definition) is 2. The Kier molecular flexibility index (Phi) is 3.65. The fraction of sp³-hybridized carbons (Fsp3) is 0.429. The van der Waals surface area contributed by atoms with Gasteiger partial charge in [-0.25, -0.2) is 4.79 Å². The van der Waals surface area contributed by atoms with Crippen molar-refractivity contribution in [2.45, 2.75) is 32.6 Å². The largest absolute Gasteiger partial charge is 0.478 e. The number of rotatable bonds is 2. The third kappa shape index (κ3) is 2.53. The van der Waals surface area contributed by atoms with Gasteiger partial charge in [-0.3, -0.25) is 4.79 Å². The molecule has 0 saturated carbocycles. The van der Waals surface area contributed by atoms with Gasteiger partial charge in [0.05, 0.1) is 5.56 Å². The number of aromatic carboxylic acids is 1. The summed E-state index contributed by atoms with van der Waals surface area (Å²) in [4.78, 5) is 24.8. The molecule has 0 radical (unpaired) electrons. The van der Waals surface area contributed by atoms with E-state index in [1.165, 1.54) is 0 Å². The number of amides is 1. The van der Waals surface area contributed by atoms with E-state index < -0.39 is 5.97 Å². The number of aryl methyl sites for hydroxylation is 1. The summed E-state index contributed by atoms with van der Waals surface area (Å²) in [5, 5.41) is 9.11. The Bertz CT molecular complexity index is 482. The first-order valence-corrected chi connectivity index (χ1v) is 6.24. The van der Waals surface area contributed by atoms with Crippen molar-refractivity contribution in [2.24, 2.45) is 0 Å². The van der Waals surface area contributed by atoms with Crippen LogP contribution in [0.25, 0.3) is 0 Å². The lowest BCUT2D eigenvalue weighted by atomic mass is 10.1. The highest BCUT2D eigenvalue weighted by Crippen LogP contribution is 2.23. The van der Waals surface area contributed by atoms with Gasteiger partial charge in [0.15, 0.2) is 0 Å². The quantitative estimate of drug-likeness (QED) is 0.873. The molecule has 1 aliphatic heterocycles. The van der Waals surface area contributed by atoms with E-state index in [1.807, 2.05) is 6.07 Å². The van der Waals surface area contributed by atoms with Crippen LogP contribution < -0.4 is 4.90 Å². The number of hydrogen-bond donors (Lipinski definition) is 1. The molecule has 1 saturated heterocycles. The van der Waals surface area contributed by atoms with E-state index in [-0.39, 0.29) is 11.5 Å². The second-order valence-corrected chi connectivity index (χ2v) is 4.66. The molecule has 4 nitrogen and oxygen atoms in total. The Morgan fingerprint density at radius 2 is 2.06 bits per heavy atom. The van der Waals surface area contributed by atoms with Crippen molar-refractivity contribution in [3.63, 3.8) is 0 Å². The SMILES string of the molecule is Cc1ccc(N2CCCCCC2=O)cc1C(=O)O. The van der Waals surface area contributed by atoms with Gasteiger partial charge in [-0.05, 0) is 37.5 Å². The Morgan fingerprint density at radius 3 is 2.78 bits per heavy atom. The molecule has 0 aromatic heterocycles. The first-order chi connectivity index (χ1) is 8.59. The van der Waals surface area contributed by atoms with Crippen molar-refractivity contribution >= 4 is 17.6 Å². The summed E-state index contributed by atoms with van der Waals surface area (Å²) in [7, 11) is 0. The topological polar surface area (TPSA) is 57.6 Å². The van der Waals surface area contributed by atoms with Crippen LogP contribution in [0, 0.1) is 6.92 Å². The molecule has 0 bridgehead atoms. The highest BCUT2D eigenvalue weighted by molar-refractivity contribution is 5.96. The number of carboxylic acid groups (broad SMARTS) is 1. The van der Waals surface area contributed by atoms with Crippen LogP contribution in [0.2, 0.25) is 0 Å². The molecule has 1 aliphatic rings. The third-order valence-corrected chi connectivity index (χ3v) is 3.34. The monoisotopic (exact) mass is 247 g/mol. The van der Waals surface area contributed by atoms with E-state index in [4.69, 9.17) is 5.11 Å². The van der Waals surface area contributed by atoms with Crippen LogP contribution in [-0.2, 0) is 4.79 Å². The van der Waals surface area contributed by atoms with Crippen molar-refractivity contribution < 1.29 is 14.7 Å². The number of benzene rings is 1. The van der Waals surface area contributed by atoms with Crippen LogP contribution >= 0.6 is 0 Å². The third-order valence-electron chi connectivity index (χ3n) is 3.34. The summed E-state index contributed by atoms with van der Waals surface area (Å²) in [5.41, 5.74) is 1.68. The average molecular weight is 247 g/mol. The van der Waals surface area contributed by atoms with E-state index in [0.717, 1.165) is 19.3 Å². The molecule has 1 fully saturated rings. The molecule has 96 valence electrons. The highest BCUT2D eigenvalue weighted by atomic mass is 16.4. The number of anilines is 1. The normalized spacial score (nSPS) is 16.5. The molecule has 0 aliphatic carbocycles. The van der Waals surface area contributed by atoms with Gasteiger partial charge in [-0.15, -0.1) is 0 Å². The van der Waals surface area contributed by atoms with Crippen LogP contribution in [0.3, 0.4) is 0 Å². The number of carboxylic acids is 1. The van der Waals surface area contributed by atoms with Gasteiger partial charge in [-0.2, -0.15) is 0 Å². The molecule has 0 unspecified atom stereocenters. The molecule has 1 heterocycles. The lowest BCUT2D eigenvalue weighted by molar-refractivity contribution is -0.118. The second kappa shape index (κ2) is 5.21. The number of nitrogens with zero attached hydrogens (tertiary/aromatic N) is 1. The maximum atomic E-state index is 12.0. The van der Waals surface area contributed by atoms with E-state index in [9.17, 15) is 9.59 Å². The Labute approximate surface area is 106 Å². The van der Waals surface area contributed by atoms with Crippen LogP contribution in [0.4, 0.5) is 5.69 Å². The van der Waals surface area contributed by atoms with Gasteiger partial charge in [0.25, 0.3) is 0 Å².